The maximum absolute atomic E-state index is 12.3. The first-order valence-electron chi connectivity index (χ1n) is 8.74. The van der Waals surface area contributed by atoms with Gasteiger partial charge in [0.25, 0.3) is 0 Å². The topological polar surface area (TPSA) is 78.9 Å². The van der Waals surface area contributed by atoms with Crippen LogP contribution in [0.3, 0.4) is 0 Å². The molecule has 1 saturated heterocycles. The van der Waals surface area contributed by atoms with Crippen LogP contribution in [0.4, 0.5) is 4.79 Å². The van der Waals surface area contributed by atoms with Crippen LogP contribution in [-0.2, 0) is 17.9 Å². The van der Waals surface area contributed by atoms with Crippen LogP contribution in [0.1, 0.15) is 17.5 Å². The van der Waals surface area contributed by atoms with Gasteiger partial charge in [0.15, 0.2) is 0 Å². The molecule has 2 aromatic carbocycles. The Morgan fingerprint density at radius 3 is 2.56 bits per heavy atom. The maximum Gasteiger partial charge on any atom is 0.317 e. The normalized spacial score (nSPS) is 16.2. The second-order valence-corrected chi connectivity index (χ2v) is 6.82. The Morgan fingerprint density at radius 2 is 1.85 bits per heavy atom. The van der Waals surface area contributed by atoms with E-state index in [0.29, 0.717) is 36.9 Å². The summed E-state index contributed by atoms with van der Waals surface area (Å²) in [4.78, 5) is 24.9. The number of halogens is 1. The summed E-state index contributed by atoms with van der Waals surface area (Å²) in [5.74, 6) is -0.728. The number of carboxylic acids is 1. The van der Waals surface area contributed by atoms with Crippen molar-refractivity contribution in [2.75, 3.05) is 13.1 Å². The van der Waals surface area contributed by atoms with Gasteiger partial charge >= 0.3 is 12.0 Å². The minimum absolute atomic E-state index is 0.248. The van der Waals surface area contributed by atoms with Crippen LogP contribution >= 0.6 is 11.6 Å². The molecule has 6 nitrogen and oxygen atoms in total. The predicted octanol–water partition coefficient (Wildman–Crippen LogP) is 3.54. The number of hydrogen-bond acceptors (Lipinski definition) is 3. The predicted molar refractivity (Wildman–Crippen MR) is 102 cm³/mol. The number of rotatable bonds is 6. The first kappa shape index (κ1) is 19.0. The van der Waals surface area contributed by atoms with Gasteiger partial charge in [-0.2, -0.15) is 0 Å². The summed E-state index contributed by atoms with van der Waals surface area (Å²) >= 11 is 6.11. The largest absolute Gasteiger partial charge is 0.487 e. The number of para-hydroxylation sites is 1. The zero-order valence-electron chi connectivity index (χ0n) is 14.7. The van der Waals surface area contributed by atoms with Crippen molar-refractivity contribution >= 4 is 23.6 Å². The van der Waals surface area contributed by atoms with Gasteiger partial charge in [-0.15, -0.1) is 0 Å². The number of nitrogens with zero attached hydrogens (tertiary/aromatic N) is 1. The molecule has 0 aliphatic carbocycles. The SMILES string of the molecule is O=C(O)C1CCN(C(=O)NCc2ccccc2COc2ccccc2Cl)C1. The molecular formula is C20H21ClN2O4. The first-order valence-corrected chi connectivity index (χ1v) is 9.12. The fourth-order valence-electron chi connectivity index (χ4n) is 3.02. The molecular weight excluding hydrogens is 368 g/mol. The van der Waals surface area contributed by atoms with Crippen molar-refractivity contribution in [2.24, 2.45) is 5.92 Å². The van der Waals surface area contributed by atoms with Crippen molar-refractivity contribution < 1.29 is 19.4 Å². The number of carboxylic acid groups (broad SMARTS) is 1. The van der Waals surface area contributed by atoms with Crippen molar-refractivity contribution in [3.05, 3.63) is 64.7 Å². The third-order valence-electron chi connectivity index (χ3n) is 4.59. The van der Waals surface area contributed by atoms with E-state index >= 15 is 0 Å². The van der Waals surface area contributed by atoms with Crippen LogP contribution in [0.2, 0.25) is 5.02 Å². The number of amides is 2. The van der Waals surface area contributed by atoms with Crippen LogP contribution in [0, 0.1) is 5.92 Å². The molecule has 1 atom stereocenters. The van der Waals surface area contributed by atoms with Crippen LogP contribution < -0.4 is 10.1 Å². The second-order valence-electron chi connectivity index (χ2n) is 6.42. The second kappa shape index (κ2) is 8.77. The van der Waals surface area contributed by atoms with Crippen LogP contribution in [0.5, 0.6) is 5.75 Å². The van der Waals surface area contributed by atoms with E-state index in [-0.39, 0.29) is 12.6 Å². The third kappa shape index (κ3) is 4.92. The fraction of sp³-hybridized carbons (Fsp3) is 0.300. The quantitative estimate of drug-likeness (QED) is 0.793. The lowest BCUT2D eigenvalue weighted by atomic mass is 10.1. The molecule has 0 spiro atoms. The van der Waals surface area contributed by atoms with Crippen molar-refractivity contribution in [2.45, 2.75) is 19.6 Å². The maximum atomic E-state index is 12.3. The fourth-order valence-corrected chi connectivity index (χ4v) is 3.21. The van der Waals surface area contributed by atoms with Gasteiger partial charge in [-0.25, -0.2) is 4.79 Å². The lowest BCUT2D eigenvalue weighted by Gasteiger charge is -2.18. The van der Waals surface area contributed by atoms with Gasteiger partial charge in [0.05, 0.1) is 10.9 Å². The molecule has 0 bridgehead atoms. The van der Waals surface area contributed by atoms with Gasteiger partial charge in [-0.3, -0.25) is 4.79 Å². The molecule has 1 aliphatic heterocycles. The molecule has 1 fully saturated rings. The summed E-state index contributed by atoms with van der Waals surface area (Å²) in [6.07, 6.45) is 0.491. The van der Waals surface area contributed by atoms with E-state index in [1.54, 1.807) is 17.0 Å². The molecule has 2 N–H and O–H groups in total. The van der Waals surface area contributed by atoms with Gasteiger partial charge < -0.3 is 20.1 Å². The average molecular weight is 389 g/mol. The van der Waals surface area contributed by atoms with Gasteiger partial charge in [0.1, 0.15) is 12.4 Å². The zero-order valence-corrected chi connectivity index (χ0v) is 15.5. The number of hydrogen-bond donors (Lipinski definition) is 2. The standard InChI is InChI=1S/C20H21ClN2O4/c21-17-7-3-4-8-18(17)27-13-16-6-2-1-5-14(16)11-22-20(26)23-10-9-15(12-23)19(24)25/h1-8,15H,9-13H2,(H,22,26)(H,24,25). The number of nitrogens with one attached hydrogen (secondary N) is 1. The third-order valence-corrected chi connectivity index (χ3v) is 4.91. The molecule has 1 aliphatic rings. The molecule has 1 unspecified atom stereocenters. The highest BCUT2D eigenvalue weighted by molar-refractivity contribution is 6.32. The van der Waals surface area contributed by atoms with Gasteiger partial charge in [0, 0.05) is 19.6 Å². The number of likely N-dealkylation sites (tertiary alicyclic amines) is 1. The molecule has 3 rings (SSSR count). The molecule has 2 aromatic rings. The van der Waals surface area contributed by atoms with E-state index in [1.807, 2.05) is 36.4 Å². The number of ether oxygens (including phenoxy) is 1. The number of urea groups is 1. The summed E-state index contributed by atoms with van der Waals surface area (Å²) in [5.41, 5.74) is 1.88. The van der Waals surface area contributed by atoms with Gasteiger partial charge in [-0.1, -0.05) is 48.0 Å². The highest BCUT2D eigenvalue weighted by atomic mass is 35.5. The lowest BCUT2D eigenvalue weighted by molar-refractivity contribution is -0.141. The number of carbonyl (C=O) groups excluding carboxylic acids is 1. The molecule has 27 heavy (non-hydrogen) atoms. The Hall–Kier alpha value is -2.73. The monoisotopic (exact) mass is 388 g/mol. The van der Waals surface area contributed by atoms with Crippen LogP contribution in [0.15, 0.2) is 48.5 Å². The Kier molecular flexibility index (Phi) is 6.19. The van der Waals surface area contributed by atoms with Crippen molar-refractivity contribution in [3.8, 4) is 5.75 Å². The number of aliphatic carboxylic acids is 1. The van der Waals surface area contributed by atoms with Crippen LogP contribution in [-0.4, -0.2) is 35.1 Å². The van der Waals surface area contributed by atoms with Gasteiger partial charge in [-0.05, 0) is 29.7 Å². The first-order chi connectivity index (χ1) is 13.0. The highest BCUT2D eigenvalue weighted by Crippen LogP contribution is 2.24. The Balaban J connectivity index is 1.57. The minimum Gasteiger partial charge on any atom is -0.487 e. The van der Waals surface area contributed by atoms with E-state index in [9.17, 15) is 9.59 Å². The van der Waals surface area contributed by atoms with E-state index in [4.69, 9.17) is 21.4 Å². The smallest absolute Gasteiger partial charge is 0.317 e. The van der Waals surface area contributed by atoms with Crippen molar-refractivity contribution in [1.29, 1.82) is 0 Å². The molecule has 142 valence electrons. The van der Waals surface area contributed by atoms with E-state index in [0.717, 1.165) is 11.1 Å². The van der Waals surface area contributed by atoms with Crippen LogP contribution in [0.25, 0.3) is 0 Å². The Labute approximate surface area is 162 Å². The zero-order chi connectivity index (χ0) is 19.2. The summed E-state index contributed by atoms with van der Waals surface area (Å²) in [7, 11) is 0. The number of carbonyl (C=O) groups is 2. The molecule has 0 saturated carbocycles. The molecule has 0 radical (unpaired) electrons. The highest BCUT2D eigenvalue weighted by Gasteiger charge is 2.30. The summed E-state index contributed by atoms with van der Waals surface area (Å²) < 4.78 is 5.79. The minimum atomic E-state index is -0.854. The summed E-state index contributed by atoms with van der Waals surface area (Å²) in [6, 6.07) is 14.7. The Bertz CT molecular complexity index is 827. The van der Waals surface area contributed by atoms with E-state index < -0.39 is 11.9 Å². The molecule has 7 heteroatoms. The Morgan fingerprint density at radius 1 is 1.15 bits per heavy atom. The van der Waals surface area contributed by atoms with Gasteiger partial charge in [0.2, 0.25) is 0 Å². The lowest BCUT2D eigenvalue weighted by Crippen LogP contribution is -2.38. The van der Waals surface area contributed by atoms with Crippen molar-refractivity contribution in [1.82, 2.24) is 10.2 Å². The molecule has 1 heterocycles. The van der Waals surface area contributed by atoms with E-state index in [1.165, 1.54) is 0 Å². The van der Waals surface area contributed by atoms with E-state index in [2.05, 4.69) is 5.32 Å². The molecule has 0 aromatic heterocycles. The van der Waals surface area contributed by atoms with Crippen molar-refractivity contribution in [3.63, 3.8) is 0 Å². The summed E-state index contributed by atoms with van der Waals surface area (Å²) in [5, 5.41) is 12.5. The average Bonchev–Trinajstić information content (AvgIpc) is 3.17. The molecule has 2 amide bonds. The number of benzene rings is 2. The summed E-state index contributed by atoms with van der Waals surface area (Å²) in [6.45, 7) is 1.38.